The molecule has 0 bridgehead atoms. The van der Waals surface area contributed by atoms with E-state index < -0.39 is 0 Å². The van der Waals surface area contributed by atoms with Crippen LogP contribution < -0.4 is 11.1 Å². The van der Waals surface area contributed by atoms with Gasteiger partial charge in [-0.2, -0.15) is 0 Å². The van der Waals surface area contributed by atoms with E-state index in [0.717, 1.165) is 0 Å². The van der Waals surface area contributed by atoms with Crippen LogP contribution in [0.25, 0.3) is 0 Å². The molecule has 5 heteroatoms. The van der Waals surface area contributed by atoms with Crippen LogP contribution in [0.5, 0.6) is 0 Å². The molecule has 1 aromatic rings. The molecule has 0 radical (unpaired) electrons. The van der Waals surface area contributed by atoms with Crippen LogP contribution in [0.3, 0.4) is 0 Å². The molecule has 0 saturated carbocycles. The molecule has 0 amide bonds. The van der Waals surface area contributed by atoms with E-state index in [0.29, 0.717) is 24.5 Å². The van der Waals surface area contributed by atoms with Gasteiger partial charge >= 0.3 is 0 Å². The molecular formula is C12H17FN2OS. The maximum Gasteiger partial charge on any atom is 0.146 e. The van der Waals surface area contributed by atoms with Crippen molar-refractivity contribution >= 4 is 22.9 Å². The molecule has 0 spiro atoms. The molecule has 0 aliphatic carbocycles. The molecule has 0 saturated heterocycles. The number of nitrogens with one attached hydrogen (secondary N) is 1. The van der Waals surface area contributed by atoms with Crippen LogP contribution in [-0.4, -0.2) is 24.2 Å². The summed E-state index contributed by atoms with van der Waals surface area (Å²) in [6.45, 7) is 5.03. The van der Waals surface area contributed by atoms with Gasteiger partial charge in [0.15, 0.2) is 0 Å². The fourth-order valence-corrected chi connectivity index (χ4v) is 1.51. The Morgan fingerprint density at radius 2 is 2.29 bits per heavy atom. The lowest BCUT2D eigenvalue weighted by Crippen LogP contribution is -2.22. The highest BCUT2D eigenvalue weighted by molar-refractivity contribution is 7.80. The van der Waals surface area contributed by atoms with E-state index in [9.17, 15) is 4.39 Å². The highest BCUT2D eigenvalue weighted by atomic mass is 32.1. The molecule has 94 valence electrons. The first kappa shape index (κ1) is 13.9. The van der Waals surface area contributed by atoms with Gasteiger partial charge in [-0.25, -0.2) is 4.39 Å². The summed E-state index contributed by atoms with van der Waals surface area (Å²) in [5, 5.41) is 3.03. The van der Waals surface area contributed by atoms with Crippen molar-refractivity contribution < 1.29 is 9.13 Å². The first-order valence-electron chi connectivity index (χ1n) is 5.48. The summed E-state index contributed by atoms with van der Waals surface area (Å²) in [5.74, 6) is -0.362. The average molecular weight is 256 g/mol. The Morgan fingerprint density at radius 3 is 2.82 bits per heavy atom. The smallest absolute Gasteiger partial charge is 0.146 e. The number of halogens is 1. The van der Waals surface area contributed by atoms with E-state index in [2.05, 4.69) is 5.32 Å². The van der Waals surface area contributed by atoms with Gasteiger partial charge in [0.2, 0.25) is 0 Å². The molecule has 0 aromatic heterocycles. The van der Waals surface area contributed by atoms with Gasteiger partial charge in [0.05, 0.1) is 12.3 Å². The van der Waals surface area contributed by atoms with Gasteiger partial charge in [0, 0.05) is 18.2 Å². The molecule has 1 atom stereocenters. The molecule has 3 nitrogen and oxygen atoms in total. The maximum absolute atomic E-state index is 13.7. The lowest BCUT2D eigenvalue weighted by atomic mass is 10.2. The molecule has 0 fully saturated rings. The van der Waals surface area contributed by atoms with E-state index >= 15 is 0 Å². The summed E-state index contributed by atoms with van der Waals surface area (Å²) < 4.78 is 18.9. The summed E-state index contributed by atoms with van der Waals surface area (Å²) in [6.07, 6.45) is 0. The Balaban J connectivity index is 2.69. The highest BCUT2D eigenvalue weighted by Gasteiger charge is 2.08. The average Bonchev–Trinajstić information content (AvgIpc) is 2.28. The number of anilines is 1. The minimum atomic E-state index is -0.362. The zero-order valence-electron chi connectivity index (χ0n) is 10.00. The summed E-state index contributed by atoms with van der Waals surface area (Å²) >= 11 is 4.78. The van der Waals surface area contributed by atoms with Gasteiger partial charge < -0.3 is 15.8 Å². The zero-order chi connectivity index (χ0) is 12.8. The third-order valence-corrected chi connectivity index (χ3v) is 2.46. The molecule has 17 heavy (non-hydrogen) atoms. The normalized spacial score (nSPS) is 12.2. The van der Waals surface area contributed by atoms with Crippen molar-refractivity contribution in [3.8, 4) is 0 Å². The summed E-state index contributed by atoms with van der Waals surface area (Å²) in [4.78, 5) is 0.192. The SMILES string of the molecule is CCOCC(C)Nc1ccc(C(N)=S)cc1F. The standard InChI is InChI=1S/C12H17FN2OS/c1-3-16-7-8(2)15-11-5-4-9(12(14)17)6-10(11)13/h4-6,8,15H,3,7H2,1-2H3,(H2,14,17). The molecule has 0 aliphatic rings. The molecule has 1 rings (SSSR count). The first-order valence-corrected chi connectivity index (χ1v) is 5.89. The van der Waals surface area contributed by atoms with E-state index in [4.69, 9.17) is 22.7 Å². The molecule has 1 aromatic carbocycles. The van der Waals surface area contributed by atoms with Gasteiger partial charge in [0.25, 0.3) is 0 Å². The highest BCUT2D eigenvalue weighted by Crippen LogP contribution is 2.16. The number of rotatable bonds is 6. The molecule has 3 N–H and O–H groups in total. The van der Waals surface area contributed by atoms with Crippen molar-refractivity contribution in [2.24, 2.45) is 5.73 Å². The van der Waals surface area contributed by atoms with Crippen LogP contribution in [0, 0.1) is 5.82 Å². The Labute approximate surface area is 106 Å². The van der Waals surface area contributed by atoms with E-state index in [-0.39, 0.29) is 16.8 Å². The Bertz CT molecular complexity index is 398. The predicted octanol–water partition coefficient (Wildman–Crippen LogP) is 2.30. The topological polar surface area (TPSA) is 47.3 Å². The largest absolute Gasteiger partial charge is 0.389 e. The minimum Gasteiger partial charge on any atom is -0.389 e. The lowest BCUT2D eigenvalue weighted by Gasteiger charge is -2.15. The third-order valence-electron chi connectivity index (χ3n) is 2.23. The van der Waals surface area contributed by atoms with Gasteiger partial charge in [-0.05, 0) is 32.0 Å². The van der Waals surface area contributed by atoms with Crippen molar-refractivity contribution in [2.45, 2.75) is 19.9 Å². The minimum absolute atomic E-state index is 0.0418. The molecular weight excluding hydrogens is 239 g/mol. The number of hydrogen-bond donors (Lipinski definition) is 2. The Morgan fingerprint density at radius 1 is 1.59 bits per heavy atom. The first-order chi connectivity index (χ1) is 8.04. The quantitative estimate of drug-likeness (QED) is 0.767. The van der Waals surface area contributed by atoms with Crippen LogP contribution in [-0.2, 0) is 4.74 Å². The number of ether oxygens (including phenoxy) is 1. The lowest BCUT2D eigenvalue weighted by molar-refractivity contribution is 0.141. The van der Waals surface area contributed by atoms with Gasteiger partial charge in [-0.3, -0.25) is 0 Å². The Hall–Kier alpha value is -1.20. The fraction of sp³-hybridized carbons (Fsp3) is 0.417. The number of thiocarbonyl (C=S) groups is 1. The van der Waals surface area contributed by atoms with E-state index in [1.54, 1.807) is 12.1 Å². The van der Waals surface area contributed by atoms with Crippen LogP contribution in [0.4, 0.5) is 10.1 Å². The summed E-state index contributed by atoms with van der Waals surface area (Å²) in [5.41, 5.74) is 6.38. The fourth-order valence-electron chi connectivity index (χ4n) is 1.39. The van der Waals surface area contributed by atoms with Crippen LogP contribution >= 0.6 is 12.2 Å². The second-order valence-corrected chi connectivity index (χ2v) is 4.20. The third kappa shape index (κ3) is 4.28. The second kappa shape index (κ2) is 6.51. The number of benzene rings is 1. The Kier molecular flexibility index (Phi) is 5.31. The second-order valence-electron chi connectivity index (χ2n) is 3.76. The zero-order valence-corrected chi connectivity index (χ0v) is 10.8. The molecule has 0 heterocycles. The van der Waals surface area contributed by atoms with Gasteiger partial charge in [-0.15, -0.1) is 0 Å². The van der Waals surface area contributed by atoms with Gasteiger partial charge in [-0.1, -0.05) is 12.2 Å². The summed E-state index contributed by atoms with van der Waals surface area (Å²) in [6, 6.07) is 4.70. The van der Waals surface area contributed by atoms with Crippen molar-refractivity contribution in [1.29, 1.82) is 0 Å². The monoisotopic (exact) mass is 256 g/mol. The molecule has 0 aliphatic heterocycles. The maximum atomic E-state index is 13.7. The summed E-state index contributed by atoms with van der Waals surface area (Å²) in [7, 11) is 0. The van der Waals surface area contributed by atoms with Crippen LogP contribution in [0.2, 0.25) is 0 Å². The van der Waals surface area contributed by atoms with Gasteiger partial charge in [0.1, 0.15) is 10.8 Å². The van der Waals surface area contributed by atoms with E-state index in [1.807, 2.05) is 13.8 Å². The van der Waals surface area contributed by atoms with Crippen molar-refractivity contribution in [3.63, 3.8) is 0 Å². The van der Waals surface area contributed by atoms with Crippen LogP contribution in [0.15, 0.2) is 18.2 Å². The van der Waals surface area contributed by atoms with Crippen molar-refractivity contribution in [2.75, 3.05) is 18.5 Å². The predicted molar refractivity (Wildman–Crippen MR) is 71.9 cm³/mol. The van der Waals surface area contributed by atoms with Crippen molar-refractivity contribution in [3.05, 3.63) is 29.6 Å². The van der Waals surface area contributed by atoms with Crippen LogP contribution in [0.1, 0.15) is 19.4 Å². The number of nitrogens with two attached hydrogens (primary N) is 1. The number of hydrogen-bond acceptors (Lipinski definition) is 3. The van der Waals surface area contributed by atoms with Crippen molar-refractivity contribution in [1.82, 2.24) is 0 Å². The molecule has 1 unspecified atom stereocenters. The van der Waals surface area contributed by atoms with E-state index in [1.165, 1.54) is 6.07 Å².